The molecule has 0 spiro atoms. The maximum absolute atomic E-state index is 3.89. The SMILES string of the molecule is CC[Si](C#Cc1sc2cc3cc4cc5sccc5cc4cc3cc2c1C#C[Si](CC)(CC)CC)(CC)CC. The number of hydrogen-bond acceptors (Lipinski definition) is 2. The summed E-state index contributed by atoms with van der Waals surface area (Å²) in [7, 11) is -3.11. The standard InChI is InChI=1S/C34H38S2Si2/c1-7-37(8-2,9-3)17-14-30-31-22-27-20-26-19-25-13-16-35-33(25)23-28(26)21-29(27)24-34(31)36-32(30)15-18-38(10-4,11-5)12-6/h13,16,19-24H,7-12H2,1-6H3. The van der Waals surface area contributed by atoms with Crippen molar-refractivity contribution in [2.45, 2.75) is 77.8 Å². The number of hydrogen-bond donors (Lipinski definition) is 0. The van der Waals surface area contributed by atoms with Crippen LogP contribution < -0.4 is 0 Å². The zero-order valence-electron chi connectivity index (χ0n) is 23.7. The third-order valence-corrected chi connectivity index (χ3v) is 20.5. The van der Waals surface area contributed by atoms with Gasteiger partial charge in [0.1, 0.15) is 16.1 Å². The number of rotatable bonds is 6. The minimum atomic E-state index is -1.57. The van der Waals surface area contributed by atoms with Gasteiger partial charge in [-0.05, 0) is 111 Å². The third-order valence-electron chi connectivity index (χ3n) is 9.13. The van der Waals surface area contributed by atoms with Crippen LogP contribution in [0.4, 0.5) is 0 Å². The maximum atomic E-state index is 3.89. The van der Waals surface area contributed by atoms with Crippen LogP contribution in [0.15, 0.2) is 47.8 Å². The average molecular weight is 567 g/mol. The Balaban J connectivity index is 1.76. The Morgan fingerprint density at radius 1 is 0.579 bits per heavy atom. The van der Waals surface area contributed by atoms with Crippen LogP contribution >= 0.6 is 22.7 Å². The van der Waals surface area contributed by atoms with Crippen molar-refractivity contribution in [3.63, 3.8) is 0 Å². The van der Waals surface area contributed by atoms with Gasteiger partial charge in [-0.1, -0.05) is 53.4 Å². The van der Waals surface area contributed by atoms with E-state index in [0.29, 0.717) is 0 Å². The number of fused-ring (bicyclic) bond motifs is 4. The lowest BCUT2D eigenvalue weighted by Crippen LogP contribution is -2.29. The predicted molar refractivity (Wildman–Crippen MR) is 180 cm³/mol. The smallest absolute Gasteiger partial charge is 0.138 e. The van der Waals surface area contributed by atoms with Gasteiger partial charge < -0.3 is 0 Å². The molecule has 0 aliphatic heterocycles. The van der Waals surface area contributed by atoms with Gasteiger partial charge in [-0.2, -0.15) is 0 Å². The number of thiophene rings is 2. The summed E-state index contributed by atoms with van der Waals surface area (Å²) in [6.45, 7) is 14.0. The topological polar surface area (TPSA) is 0 Å². The van der Waals surface area contributed by atoms with E-state index in [9.17, 15) is 0 Å². The quantitative estimate of drug-likeness (QED) is 0.109. The van der Waals surface area contributed by atoms with E-state index >= 15 is 0 Å². The van der Waals surface area contributed by atoms with Crippen molar-refractivity contribution in [2.75, 3.05) is 0 Å². The molecule has 0 aliphatic rings. The zero-order valence-corrected chi connectivity index (χ0v) is 27.3. The van der Waals surface area contributed by atoms with Crippen molar-refractivity contribution in [1.29, 1.82) is 0 Å². The van der Waals surface area contributed by atoms with Crippen molar-refractivity contribution >= 4 is 80.5 Å². The summed E-state index contributed by atoms with van der Waals surface area (Å²) in [5.74, 6) is 7.52. The molecule has 0 saturated heterocycles. The molecule has 194 valence electrons. The van der Waals surface area contributed by atoms with Gasteiger partial charge in [0.2, 0.25) is 0 Å². The van der Waals surface area contributed by atoms with Crippen molar-refractivity contribution in [3.05, 3.63) is 58.3 Å². The molecule has 2 heterocycles. The Hall–Kier alpha value is -2.35. The summed E-state index contributed by atoms with van der Waals surface area (Å²) in [6.07, 6.45) is 0. The van der Waals surface area contributed by atoms with E-state index in [4.69, 9.17) is 0 Å². The van der Waals surface area contributed by atoms with Crippen LogP contribution in [0.3, 0.4) is 0 Å². The van der Waals surface area contributed by atoms with E-state index in [1.54, 1.807) is 0 Å². The molecule has 0 fully saturated rings. The molecule has 5 rings (SSSR count). The number of benzene rings is 3. The highest BCUT2D eigenvalue weighted by Crippen LogP contribution is 2.37. The zero-order chi connectivity index (χ0) is 26.9. The van der Waals surface area contributed by atoms with Gasteiger partial charge in [0.25, 0.3) is 0 Å². The van der Waals surface area contributed by atoms with Gasteiger partial charge in [0.05, 0.1) is 10.4 Å². The fourth-order valence-corrected chi connectivity index (χ4v) is 12.5. The molecule has 0 aliphatic carbocycles. The first-order chi connectivity index (χ1) is 18.4. The molecule has 5 aromatic rings. The van der Waals surface area contributed by atoms with Gasteiger partial charge >= 0.3 is 0 Å². The molecule has 4 heteroatoms. The van der Waals surface area contributed by atoms with Crippen LogP contribution in [-0.2, 0) is 0 Å². The Morgan fingerprint density at radius 3 is 1.68 bits per heavy atom. The first kappa shape index (κ1) is 27.2. The Bertz CT molecular complexity index is 1740. The van der Waals surface area contributed by atoms with E-state index in [0.717, 1.165) is 0 Å². The van der Waals surface area contributed by atoms with Crippen LogP contribution in [-0.4, -0.2) is 16.1 Å². The molecule has 0 bridgehead atoms. The molecule has 0 amide bonds. The molecule has 0 N–H and O–H groups in total. The predicted octanol–water partition coefficient (Wildman–Crippen LogP) is 11.2. The maximum Gasteiger partial charge on any atom is 0.138 e. The lowest BCUT2D eigenvalue weighted by Gasteiger charge is -2.20. The molecule has 2 aromatic heterocycles. The van der Waals surface area contributed by atoms with E-state index in [1.807, 2.05) is 22.7 Å². The normalized spacial score (nSPS) is 12.2. The molecule has 0 radical (unpaired) electrons. The Kier molecular flexibility index (Phi) is 7.90. The third kappa shape index (κ3) is 4.89. The van der Waals surface area contributed by atoms with Crippen LogP contribution in [0, 0.1) is 22.9 Å². The van der Waals surface area contributed by atoms with Gasteiger partial charge in [-0.25, -0.2) is 0 Å². The molecule has 38 heavy (non-hydrogen) atoms. The van der Waals surface area contributed by atoms with Gasteiger partial charge in [-0.15, -0.1) is 33.8 Å². The van der Waals surface area contributed by atoms with E-state index < -0.39 is 16.1 Å². The summed E-state index contributed by atoms with van der Waals surface area (Å²) in [5, 5.41) is 10.0. The molecule has 0 unspecified atom stereocenters. The summed E-state index contributed by atoms with van der Waals surface area (Å²) in [5.41, 5.74) is 8.94. The molecular weight excluding hydrogens is 529 g/mol. The van der Waals surface area contributed by atoms with Gasteiger partial charge in [-0.3, -0.25) is 0 Å². The largest absolute Gasteiger partial charge is 0.144 e. The van der Waals surface area contributed by atoms with E-state index in [1.165, 1.54) is 88.4 Å². The molecule has 3 aromatic carbocycles. The lowest BCUT2D eigenvalue weighted by molar-refractivity contribution is 1.20. The fourth-order valence-electron chi connectivity index (χ4n) is 5.68. The monoisotopic (exact) mass is 566 g/mol. The van der Waals surface area contributed by atoms with Crippen LogP contribution in [0.1, 0.15) is 52.0 Å². The van der Waals surface area contributed by atoms with Crippen molar-refractivity contribution < 1.29 is 0 Å². The van der Waals surface area contributed by atoms with Crippen molar-refractivity contribution in [2.24, 2.45) is 0 Å². The molecular formula is C34H38S2Si2. The van der Waals surface area contributed by atoms with Gasteiger partial charge in [0.15, 0.2) is 0 Å². The Labute approximate surface area is 238 Å². The van der Waals surface area contributed by atoms with Crippen LogP contribution in [0.5, 0.6) is 0 Å². The van der Waals surface area contributed by atoms with E-state index in [-0.39, 0.29) is 0 Å². The summed E-state index contributed by atoms with van der Waals surface area (Å²) in [6, 6.07) is 23.8. The molecule has 0 nitrogen and oxygen atoms in total. The first-order valence-corrected chi connectivity index (χ1v) is 21.2. The summed E-state index contributed by atoms with van der Waals surface area (Å²) < 4.78 is 2.67. The Morgan fingerprint density at radius 2 is 1.08 bits per heavy atom. The average Bonchev–Trinajstić information content (AvgIpc) is 3.55. The van der Waals surface area contributed by atoms with Gasteiger partial charge in [0, 0.05) is 14.8 Å². The van der Waals surface area contributed by atoms with Crippen molar-refractivity contribution in [3.8, 4) is 22.9 Å². The fraction of sp³-hybridized carbons (Fsp3) is 0.353. The highest BCUT2D eigenvalue weighted by molar-refractivity contribution is 7.20. The second kappa shape index (κ2) is 11.0. The summed E-state index contributed by atoms with van der Waals surface area (Å²) >= 11 is 3.68. The van der Waals surface area contributed by atoms with Crippen molar-refractivity contribution in [1.82, 2.24) is 0 Å². The highest BCUT2D eigenvalue weighted by atomic mass is 32.1. The first-order valence-electron chi connectivity index (χ1n) is 14.3. The van der Waals surface area contributed by atoms with E-state index in [2.05, 4.69) is 112 Å². The minimum Gasteiger partial charge on any atom is -0.144 e. The highest BCUT2D eigenvalue weighted by Gasteiger charge is 2.26. The lowest BCUT2D eigenvalue weighted by atomic mass is 10.0. The minimum absolute atomic E-state index is 1.19. The summed E-state index contributed by atoms with van der Waals surface area (Å²) in [4.78, 5) is 1.19. The molecule has 0 atom stereocenters. The van der Waals surface area contributed by atoms with Crippen LogP contribution in [0.25, 0.3) is 41.7 Å². The second-order valence-corrected chi connectivity index (χ2v) is 22.6. The second-order valence-electron chi connectivity index (χ2n) is 10.7. The van der Waals surface area contributed by atoms with Crippen LogP contribution in [0.2, 0.25) is 36.3 Å². The molecule has 0 saturated carbocycles.